The highest BCUT2D eigenvalue weighted by Crippen LogP contribution is 2.42. The number of anilines is 1. The lowest BCUT2D eigenvalue weighted by molar-refractivity contribution is -0.908. The maximum Gasteiger partial charge on any atom is 0.338 e. The van der Waals surface area contributed by atoms with Crippen LogP contribution < -0.4 is 5.32 Å². The Morgan fingerprint density at radius 2 is 1.51 bits per heavy atom. The van der Waals surface area contributed by atoms with Crippen LogP contribution in [0.1, 0.15) is 107 Å². The number of rotatable bonds is 17. The van der Waals surface area contributed by atoms with E-state index >= 15 is 0 Å². The largest absolute Gasteiger partial charge is 0.462 e. The third-order valence-corrected chi connectivity index (χ3v) is 8.25. The third-order valence-electron chi connectivity index (χ3n) is 8.25. The molecule has 0 spiro atoms. The average Bonchev–Trinajstić information content (AvgIpc) is 3.19. The van der Waals surface area contributed by atoms with Gasteiger partial charge in [-0.05, 0) is 74.1 Å². The summed E-state index contributed by atoms with van der Waals surface area (Å²) >= 11 is 0. The lowest BCUT2D eigenvalue weighted by Gasteiger charge is -2.35. The molecule has 0 bridgehead atoms. The number of hydrogen-bond acceptors (Lipinski definition) is 4. The molecule has 0 aromatic heterocycles. The van der Waals surface area contributed by atoms with Gasteiger partial charge in [0, 0.05) is 11.1 Å². The smallest absolute Gasteiger partial charge is 0.338 e. The highest BCUT2D eigenvalue weighted by molar-refractivity contribution is 6.12. The van der Waals surface area contributed by atoms with Gasteiger partial charge in [0.2, 0.25) is 0 Å². The number of fused-ring (bicyclic) bond motifs is 1. The predicted molar refractivity (Wildman–Crippen MR) is 166 cm³/mol. The predicted octanol–water partition coefficient (Wildman–Crippen LogP) is 8.29. The monoisotopic (exact) mass is 534 g/mol. The van der Waals surface area contributed by atoms with E-state index in [4.69, 9.17) is 9.73 Å². The number of carbonyl (C=O) groups excluding carboxylic acids is 1. The summed E-state index contributed by atoms with van der Waals surface area (Å²) in [6, 6.07) is 14.4. The van der Waals surface area contributed by atoms with Gasteiger partial charge in [-0.25, -0.2) is 4.79 Å². The highest BCUT2D eigenvalue weighted by atomic mass is 16.5. The molecule has 39 heavy (non-hydrogen) atoms. The van der Waals surface area contributed by atoms with Gasteiger partial charge >= 0.3 is 5.97 Å². The van der Waals surface area contributed by atoms with Crippen molar-refractivity contribution in [2.24, 2.45) is 4.99 Å². The lowest BCUT2D eigenvalue weighted by atomic mass is 9.78. The van der Waals surface area contributed by atoms with Crippen LogP contribution in [0.5, 0.6) is 0 Å². The molecule has 0 saturated heterocycles. The van der Waals surface area contributed by atoms with Crippen molar-refractivity contribution in [3.05, 3.63) is 59.2 Å². The molecule has 1 aliphatic heterocycles. The van der Waals surface area contributed by atoms with Crippen LogP contribution in [0.25, 0.3) is 0 Å². The molecule has 5 nitrogen and oxygen atoms in total. The van der Waals surface area contributed by atoms with Crippen molar-refractivity contribution >= 4 is 23.1 Å². The first-order valence-electron chi connectivity index (χ1n) is 15.3. The van der Waals surface area contributed by atoms with Crippen LogP contribution in [0, 0.1) is 0 Å². The summed E-state index contributed by atoms with van der Waals surface area (Å²) < 4.78 is 6.37. The molecule has 0 radical (unpaired) electrons. The Labute approximate surface area is 237 Å². The Bertz CT molecular complexity index is 1080. The van der Waals surface area contributed by atoms with Gasteiger partial charge in [-0.2, -0.15) is 0 Å². The van der Waals surface area contributed by atoms with Gasteiger partial charge in [-0.3, -0.25) is 4.99 Å². The molecule has 0 atom stereocenters. The van der Waals surface area contributed by atoms with Gasteiger partial charge in [0.05, 0.1) is 56.8 Å². The third kappa shape index (κ3) is 8.41. The first-order chi connectivity index (χ1) is 18.7. The molecule has 5 heteroatoms. The van der Waals surface area contributed by atoms with Crippen molar-refractivity contribution < 1.29 is 14.0 Å². The molecule has 214 valence electrons. The topological polar surface area (TPSA) is 50.7 Å². The second-order valence-electron chi connectivity index (χ2n) is 12.0. The van der Waals surface area contributed by atoms with E-state index in [2.05, 4.69) is 64.3 Å². The van der Waals surface area contributed by atoms with Crippen molar-refractivity contribution in [3.8, 4) is 0 Å². The second kappa shape index (κ2) is 14.6. The SMILES string of the molecule is CCCCCC[N+](C)(CCCCCC)CCNc1ccc(C2=Nc3ccc(C(=O)OCC)cc3C2(C)C)cc1. The molecule has 2 aromatic carbocycles. The van der Waals surface area contributed by atoms with E-state index in [1.54, 1.807) is 0 Å². The zero-order valence-corrected chi connectivity index (χ0v) is 25.4. The molecule has 0 amide bonds. The van der Waals surface area contributed by atoms with Crippen LogP contribution in [0.3, 0.4) is 0 Å². The van der Waals surface area contributed by atoms with Crippen LogP contribution in [-0.4, -0.2) is 56.0 Å². The van der Waals surface area contributed by atoms with Crippen LogP contribution >= 0.6 is 0 Å². The van der Waals surface area contributed by atoms with E-state index in [0.717, 1.165) is 45.8 Å². The fraction of sp³-hybridized carbons (Fsp3) is 0.588. The fourth-order valence-electron chi connectivity index (χ4n) is 5.68. The number of nitrogens with one attached hydrogen (secondary N) is 1. The van der Waals surface area contributed by atoms with E-state index in [0.29, 0.717) is 12.2 Å². The molecule has 0 fully saturated rings. The number of aliphatic imine (C=N–C) groups is 1. The van der Waals surface area contributed by atoms with Crippen molar-refractivity contribution in [3.63, 3.8) is 0 Å². The summed E-state index contributed by atoms with van der Waals surface area (Å²) in [5.41, 5.74) is 5.60. The minimum Gasteiger partial charge on any atom is -0.462 e. The lowest BCUT2D eigenvalue weighted by Crippen LogP contribution is -2.48. The molecule has 2 aromatic rings. The number of quaternary nitrogens is 1. The number of benzene rings is 2. The molecular weight excluding hydrogens is 482 g/mol. The Morgan fingerprint density at radius 1 is 0.872 bits per heavy atom. The Hall–Kier alpha value is -2.66. The van der Waals surface area contributed by atoms with E-state index in [1.807, 2.05) is 25.1 Å². The Balaban J connectivity index is 1.61. The van der Waals surface area contributed by atoms with E-state index in [-0.39, 0.29) is 11.4 Å². The number of nitrogens with zero attached hydrogens (tertiary/aromatic N) is 2. The van der Waals surface area contributed by atoms with Gasteiger partial charge in [-0.1, -0.05) is 65.5 Å². The van der Waals surface area contributed by atoms with Crippen molar-refractivity contribution in [1.82, 2.24) is 0 Å². The van der Waals surface area contributed by atoms with Crippen LogP contribution in [0.15, 0.2) is 47.5 Å². The number of ether oxygens (including phenoxy) is 1. The normalized spacial score (nSPS) is 14.2. The van der Waals surface area contributed by atoms with Crippen LogP contribution in [-0.2, 0) is 10.2 Å². The standard InChI is InChI=1S/C34H51N3O2/c1-7-10-12-14-23-37(6,24-15-13-11-8-2)25-22-35-29-19-16-27(17-20-29)32-34(4,5)30-26-28(33(38)39-9-3)18-21-31(30)36-32/h16-21,26H,7-15,22-25H2,1-6H3/p+1. The first-order valence-corrected chi connectivity index (χ1v) is 15.3. The van der Waals surface area contributed by atoms with Crippen molar-refractivity contribution in [2.75, 3.05) is 45.2 Å². The molecule has 1 heterocycles. The van der Waals surface area contributed by atoms with Gasteiger partial charge < -0.3 is 14.5 Å². The molecule has 0 unspecified atom stereocenters. The number of esters is 1. The van der Waals surface area contributed by atoms with Gasteiger partial charge in [0.25, 0.3) is 0 Å². The number of likely N-dealkylation sites (N-methyl/N-ethyl adjacent to an activating group) is 1. The fourth-order valence-corrected chi connectivity index (χ4v) is 5.68. The molecule has 1 N–H and O–H groups in total. The van der Waals surface area contributed by atoms with Gasteiger partial charge in [-0.15, -0.1) is 0 Å². The summed E-state index contributed by atoms with van der Waals surface area (Å²) in [6.07, 6.45) is 10.6. The summed E-state index contributed by atoms with van der Waals surface area (Å²) in [4.78, 5) is 17.3. The minimum atomic E-state index is -0.290. The quantitative estimate of drug-likeness (QED) is 0.126. The molecule has 3 rings (SSSR count). The maximum atomic E-state index is 12.3. The molecule has 1 aliphatic rings. The minimum absolute atomic E-state index is 0.281. The van der Waals surface area contributed by atoms with E-state index < -0.39 is 0 Å². The Morgan fingerprint density at radius 3 is 2.10 bits per heavy atom. The van der Waals surface area contributed by atoms with Crippen molar-refractivity contribution in [1.29, 1.82) is 0 Å². The summed E-state index contributed by atoms with van der Waals surface area (Å²) in [5, 5.41) is 3.68. The zero-order valence-electron chi connectivity index (χ0n) is 25.4. The molecule has 0 saturated carbocycles. The van der Waals surface area contributed by atoms with E-state index in [9.17, 15) is 4.79 Å². The molecule has 0 aliphatic carbocycles. The number of hydrogen-bond donors (Lipinski definition) is 1. The highest BCUT2D eigenvalue weighted by Gasteiger charge is 2.36. The van der Waals surface area contributed by atoms with Gasteiger partial charge in [0.1, 0.15) is 0 Å². The molecular formula is C34H52N3O2+. The summed E-state index contributed by atoms with van der Waals surface area (Å²) in [7, 11) is 2.45. The zero-order chi connectivity index (χ0) is 28.3. The second-order valence-corrected chi connectivity index (χ2v) is 12.0. The maximum absolute atomic E-state index is 12.3. The van der Waals surface area contributed by atoms with Crippen LogP contribution in [0.4, 0.5) is 11.4 Å². The van der Waals surface area contributed by atoms with Gasteiger partial charge in [0.15, 0.2) is 0 Å². The number of carbonyl (C=O) groups is 1. The van der Waals surface area contributed by atoms with Crippen molar-refractivity contribution in [2.45, 2.75) is 91.4 Å². The first kappa shape index (κ1) is 30.9. The Kier molecular flexibility index (Phi) is 11.6. The van der Waals surface area contributed by atoms with E-state index in [1.165, 1.54) is 64.5 Å². The summed E-state index contributed by atoms with van der Waals surface area (Å²) in [6.45, 7) is 15.8. The number of unbranched alkanes of at least 4 members (excludes halogenated alkanes) is 6. The van der Waals surface area contributed by atoms with Crippen LogP contribution in [0.2, 0.25) is 0 Å². The average molecular weight is 535 g/mol. The summed E-state index contributed by atoms with van der Waals surface area (Å²) in [5.74, 6) is -0.281.